The standard InChI is InChI=1S/C13H8Cl2O7S2.2Na/c14-10-5-4-9(11(15)13(10)24(18,19)20)12(16)7-2-1-3-8(6-7)23-22-21-17;;/h1-6,17H,(H,18,19,20);;/q;2*+1/p-2. The van der Waals surface area contributed by atoms with Crippen LogP contribution in [0, 0.1) is 0 Å². The minimum absolute atomic E-state index is 0. The van der Waals surface area contributed by atoms with Crippen molar-refractivity contribution in [2.75, 3.05) is 0 Å². The minimum Gasteiger partial charge on any atom is -0.744 e. The van der Waals surface area contributed by atoms with Crippen molar-refractivity contribution in [3.8, 4) is 0 Å². The summed E-state index contributed by atoms with van der Waals surface area (Å²) in [6, 6.07) is 8.14. The summed E-state index contributed by atoms with van der Waals surface area (Å²) in [5.74, 6) is -0.646. The number of halogens is 2. The van der Waals surface area contributed by atoms with E-state index < -0.39 is 25.8 Å². The maximum absolute atomic E-state index is 12.5. The molecule has 0 spiro atoms. The Kier molecular flexibility index (Phi) is 12.1. The molecule has 0 N–H and O–H groups in total. The molecule has 7 nitrogen and oxygen atoms in total. The van der Waals surface area contributed by atoms with Gasteiger partial charge in [-0.15, -0.1) is 0 Å². The summed E-state index contributed by atoms with van der Waals surface area (Å²) >= 11 is 12.1. The van der Waals surface area contributed by atoms with E-state index in [9.17, 15) is 23.0 Å². The van der Waals surface area contributed by atoms with Gasteiger partial charge in [0.2, 0.25) is 0 Å². The van der Waals surface area contributed by atoms with Crippen molar-refractivity contribution in [1.29, 1.82) is 0 Å². The van der Waals surface area contributed by atoms with E-state index in [1.54, 1.807) is 0 Å². The van der Waals surface area contributed by atoms with Crippen LogP contribution in [0.3, 0.4) is 0 Å². The molecule has 0 aliphatic heterocycles. The predicted octanol–water partition coefficient (Wildman–Crippen LogP) is -3.63. The van der Waals surface area contributed by atoms with E-state index in [4.69, 9.17) is 23.2 Å². The van der Waals surface area contributed by atoms with Gasteiger partial charge in [0.15, 0.2) is 5.78 Å². The van der Waals surface area contributed by atoms with Crippen LogP contribution < -0.4 is 64.4 Å². The molecule has 26 heavy (non-hydrogen) atoms. The molecule has 2 aromatic rings. The Morgan fingerprint density at radius 1 is 1.12 bits per heavy atom. The molecular formula is C13H6Cl2Na2O7S2. The molecule has 2 aromatic carbocycles. The molecule has 0 heterocycles. The second-order valence-corrected chi connectivity index (χ2v) is 7.14. The quantitative estimate of drug-likeness (QED) is 0.110. The van der Waals surface area contributed by atoms with Gasteiger partial charge in [-0.1, -0.05) is 35.3 Å². The van der Waals surface area contributed by atoms with Gasteiger partial charge in [0.05, 0.1) is 27.0 Å². The van der Waals surface area contributed by atoms with Gasteiger partial charge >= 0.3 is 59.1 Å². The number of ketones is 1. The number of carbonyl (C=O) groups excluding carboxylic acids is 1. The Labute approximate surface area is 207 Å². The van der Waals surface area contributed by atoms with E-state index in [2.05, 4.69) is 9.37 Å². The third kappa shape index (κ3) is 6.71. The fourth-order valence-corrected chi connectivity index (χ4v) is 3.91. The normalized spacial score (nSPS) is 10.6. The molecule has 0 fully saturated rings. The van der Waals surface area contributed by atoms with Crippen molar-refractivity contribution in [3.63, 3.8) is 0 Å². The van der Waals surface area contributed by atoms with Crippen LogP contribution in [0.15, 0.2) is 46.2 Å². The fraction of sp³-hybridized carbons (Fsp3) is 0. The largest absolute Gasteiger partial charge is 1.00 e. The van der Waals surface area contributed by atoms with E-state index in [-0.39, 0.29) is 75.3 Å². The maximum Gasteiger partial charge on any atom is 1.00 e. The van der Waals surface area contributed by atoms with E-state index in [1.807, 2.05) is 0 Å². The van der Waals surface area contributed by atoms with Crippen molar-refractivity contribution < 1.29 is 91.5 Å². The Morgan fingerprint density at radius 2 is 1.77 bits per heavy atom. The topological polar surface area (TPSA) is 116 Å². The molecule has 0 saturated heterocycles. The average Bonchev–Trinajstić information content (AvgIpc) is 2.51. The van der Waals surface area contributed by atoms with Crippen molar-refractivity contribution in [2.24, 2.45) is 0 Å². The molecule has 0 radical (unpaired) electrons. The number of hydrogen-bond acceptors (Lipinski definition) is 8. The Morgan fingerprint density at radius 3 is 2.35 bits per heavy atom. The molecular weight excluding hydrogens is 449 g/mol. The average molecular weight is 455 g/mol. The van der Waals surface area contributed by atoms with Crippen LogP contribution in [-0.4, -0.2) is 18.8 Å². The van der Waals surface area contributed by atoms with Gasteiger partial charge in [0.25, 0.3) is 0 Å². The monoisotopic (exact) mass is 454 g/mol. The van der Waals surface area contributed by atoms with Crippen LogP contribution in [0.4, 0.5) is 0 Å². The van der Waals surface area contributed by atoms with E-state index >= 15 is 0 Å². The van der Waals surface area contributed by atoms with Crippen LogP contribution in [-0.2, 0) is 19.5 Å². The number of benzene rings is 2. The van der Waals surface area contributed by atoms with Crippen molar-refractivity contribution >= 4 is 51.1 Å². The zero-order valence-corrected chi connectivity index (χ0v) is 20.5. The first-order chi connectivity index (χ1) is 11.3. The number of hydrogen-bond donors (Lipinski definition) is 0. The third-order valence-corrected chi connectivity index (χ3v) is 5.22. The summed E-state index contributed by atoms with van der Waals surface area (Å²) in [4.78, 5) is 12.0. The Balaban J connectivity index is 0.00000312. The van der Waals surface area contributed by atoms with Crippen molar-refractivity contribution in [2.45, 2.75) is 9.79 Å². The zero-order valence-electron chi connectivity index (χ0n) is 13.4. The first-order valence-electron chi connectivity index (χ1n) is 5.97. The summed E-state index contributed by atoms with van der Waals surface area (Å²) in [6.07, 6.45) is 0. The molecule has 128 valence electrons. The first-order valence-corrected chi connectivity index (χ1v) is 8.88. The van der Waals surface area contributed by atoms with Crippen LogP contribution in [0.1, 0.15) is 15.9 Å². The summed E-state index contributed by atoms with van der Waals surface area (Å²) in [5, 5.41) is 12.1. The van der Waals surface area contributed by atoms with Crippen LogP contribution >= 0.6 is 35.2 Å². The minimum atomic E-state index is -4.96. The predicted molar refractivity (Wildman–Crippen MR) is 82.3 cm³/mol. The summed E-state index contributed by atoms with van der Waals surface area (Å²) in [5.41, 5.74) is -0.0911. The zero-order chi connectivity index (χ0) is 17.9. The molecule has 0 unspecified atom stereocenters. The molecule has 0 atom stereocenters. The maximum atomic E-state index is 12.5. The summed E-state index contributed by atoms with van der Waals surface area (Å²) < 4.78 is 37.9. The summed E-state index contributed by atoms with van der Waals surface area (Å²) in [7, 11) is -4.96. The Hall–Kier alpha value is 0.830. The second-order valence-electron chi connectivity index (χ2n) is 4.27. The molecule has 0 saturated carbocycles. The smallest absolute Gasteiger partial charge is 0.744 e. The van der Waals surface area contributed by atoms with Crippen molar-refractivity contribution in [3.05, 3.63) is 57.6 Å². The molecule has 0 bridgehead atoms. The molecule has 0 aliphatic carbocycles. The SMILES string of the molecule is O=C(c1cccc(SOO[O-])c1)c1ccc(Cl)c(S(=O)(=O)[O-])c1Cl.[Na+].[Na+]. The van der Waals surface area contributed by atoms with Crippen LogP contribution in [0.2, 0.25) is 10.0 Å². The van der Waals surface area contributed by atoms with Crippen molar-refractivity contribution in [1.82, 2.24) is 0 Å². The number of carbonyl (C=O) groups is 1. The van der Waals surface area contributed by atoms with Gasteiger partial charge in [-0.25, -0.2) is 8.42 Å². The van der Waals surface area contributed by atoms with Gasteiger partial charge in [-0.05, 0) is 24.3 Å². The van der Waals surface area contributed by atoms with Gasteiger partial charge in [0, 0.05) is 16.0 Å². The van der Waals surface area contributed by atoms with Gasteiger partial charge in [-0.2, -0.15) is 4.33 Å². The van der Waals surface area contributed by atoms with Crippen LogP contribution in [0.25, 0.3) is 0 Å². The molecule has 0 aromatic heterocycles. The van der Waals surface area contributed by atoms with E-state index in [1.165, 1.54) is 30.3 Å². The molecule has 13 heteroatoms. The van der Waals surface area contributed by atoms with Gasteiger partial charge in [-0.3, -0.25) is 9.83 Å². The summed E-state index contributed by atoms with van der Waals surface area (Å²) in [6.45, 7) is 0. The second kappa shape index (κ2) is 11.7. The fourth-order valence-electron chi connectivity index (χ4n) is 1.83. The Bertz CT molecular complexity index is 894. The first kappa shape index (κ1) is 26.8. The van der Waals surface area contributed by atoms with Crippen LogP contribution in [0.5, 0.6) is 0 Å². The molecule has 0 amide bonds. The number of rotatable bonds is 6. The third-order valence-electron chi connectivity index (χ3n) is 2.80. The van der Waals surface area contributed by atoms with E-state index in [0.717, 1.165) is 6.07 Å². The van der Waals surface area contributed by atoms with Gasteiger partial charge < -0.3 is 9.81 Å². The van der Waals surface area contributed by atoms with E-state index in [0.29, 0.717) is 16.9 Å². The molecule has 0 aliphatic rings. The van der Waals surface area contributed by atoms with Gasteiger partial charge in [0.1, 0.15) is 10.1 Å². The molecule has 2 rings (SSSR count).